The summed E-state index contributed by atoms with van der Waals surface area (Å²) in [4.78, 5) is 26.0. The number of esters is 1. The van der Waals surface area contributed by atoms with Crippen LogP contribution in [0.3, 0.4) is 0 Å². The van der Waals surface area contributed by atoms with Crippen LogP contribution in [-0.4, -0.2) is 37.0 Å². The Balaban J connectivity index is 1.89. The number of aryl methyl sites for hydroxylation is 2. The lowest BCUT2D eigenvalue weighted by Gasteiger charge is -2.24. The second-order valence-corrected chi connectivity index (χ2v) is 6.93. The highest BCUT2D eigenvalue weighted by atomic mass is 16.5. The van der Waals surface area contributed by atoms with Gasteiger partial charge in [0.25, 0.3) is 0 Å². The number of amides is 1. The number of likely N-dealkylation sites (N-methyl/N-ethyl adjacent to an activating group) is 1. The normalized spacial score (nSPS) is 11.9. The summed E-state index contributed by atoms with van der Waals surface area (Å²) >= 11 is 0. The van der Waals surface area contributed by atoms with E-state index in [-0.39, 0.29) is 17.9 Å². The van der Waals surface area contributed by atoms with Gasteiger partial charge in [0.2, 0.25) is 5.91 Å². The highest BCUT2D eigenvalue weighted by Gasteiger charge is 2.18. The summed E-state index contributed by atoms with van der Waals surface area (Å²) in [6.07, 6.45) is 0. The molecule has 144 valence electrons. The van der Waals surface area contributed by atoms with Crippen molar-refractivity contribution in [2.75, 3.05) is 14.2 Å². The number of benzene rings is 2. The maximum Gasteiger partial charge on any atom is 0.337 e. The summed E-state index contributed by atoms with van der Waals surface area (Å²) < 4.78 is 4.68. The Morgan fingerprint density at radius 2 is 1.78 bits per heavy atom. The Morgan fingerprint density at radius 1 is 1.11 bits per heavy atom. The molecule has 0 saturated heterocycles. The number of ether oxygens (including phenoxy) is 1. The minimum atomic E-state index is -0.368. The largest absolute Gasteiger partial charge is 0.465 e. The molecular formula is C22H28N2O3. The molecule has 0 spiro atoms. The Morgan fingerprint density at radius 3 is 2.37 bits per heavy atom. The average molecular weight is 368 g/mol. The standard InChI is InChI=1S/C22H28N2O3/c1-15-6-9-20(16(2)12-15)14-24(4)17(3)21(25)23-13-18-7-10-19(11-8-18)22(26)27-5/h6-12,17H,13-14H2,1-5H3,(H,23,25)/t17-/m1/s1. The molecule has 0 fully saturated rings. The number of hydrogen-bond donors (Lipinski definition) is 1. The van der Waals surface area contributed by atoms with Gasteiger partial charge in [0, 0.05) is 13.1 Å². The van der Waals surface area contributed by atoms with Gasteiger partial charge in [-0.15, -0.1) is 0 Å². The molecule has 5 heteroatoms. The maximum atomic E-state index is 12.5. The van der Waals surface area contributed by atoms with Crippen molar-refractivity contribution in [3.63, 3.8) is 0 Å². The first kappa shape index (κ1) is 20.6. The monoisotopic (exact) mass is 368 g/mol. The summed E-state index contributed by atoms with van der Waals surface area (Å²) in [7, 11) is 3.31. The predicted molar refractivity (Wildman–Crippen MR) is 106 cm³/mol. The Labute approximate surface area is 161 Å². The van der Waals surface area contributed by atoms with Gasteiger partial charge in [0.1, 0.15) is 0 Å². The van der Waals surface area contributed by atoms with Gasteiger partial charge in [-0.1, -0.05) is 35.9 Å². The van der Waals surface area contributed by atoms with E-state index in [9.17, 15) is 9.59 Å². The van der Waals surface area contributed by atoms with Crippen LogP contribution in [-0.2, 0) is 22.6 Å². The molecule has 0 aliphatic heterocycles. The first-order chi connectivity index (χ1) is 12.8. The van der Waals surface area contributed by atoms with Crippen LogP contribution in [0.5, 0.6) is 0 Å². The Bertz CT molecular complexity index is 800. The van der Waals surface area contributed by atoms with Gasteiger partial charge >= 0.3 is 5.97 Å². The lowest BCUT2D eigenvalue weighted by atomic mass is 10.0. The number of methoxy groups -OCH3 is 1. The minimum Gasteiger partial charge on any atom is -0.465 e. The zero-order valence-corrected chi connectivity index (χ0v) is 16.7. The van der Waals surface area contributed by atoms with Gasteiger partial charge in [-0.2, -0.15) is 0 Å². The quantitative estimate of drug-likeness (QED) is 0.763. The first-order valence-corrected chi connectivity index (χ1v) is 9.03. The van der Waals surface area contributed by atoms with Crippen molar-refractivity contribution in [2.24, 2.45) is 0 Å². The molecule has 0 aliphatic rings. The third-order valence-corrected chi connectivity index (χ3v) is 4.80. The van der Waals surface area contributed by atoms with E-state index in [2.05, 4.69) is 42.1 Å². The summed E-state index contributed by atoms with van der Waals surface area (Å²) in [5.41, 5.74) is 5.12. The third kappa shape index (κ3) is 5.66. The van der Waals surface area contributed by atoms with Gasteiger partial charge in [-0.3, -0.25) is 9.69 Å². The van der Waals surface area contributed by atoms with Crippen LogP contribution in [0.15, 0.2) is 42.5 Å². The fourth-order valence-corrected chi connectivity index (χ4v) is 2.84. The Kier molecular flexibility index (Phi) is 7.13. The molecule has 2 aromatic rings. The molecule has 0 unspecified atom stereocenters. The molecule has 1 amide bonds. The van der Waals surface area contributed by atoms with Crippen LogP contribution >= 0.6 is 0 Å². The predicted octanol–water partition coefficient (Wildman–Crippen LogP) is 3.23. The molecular weight excluding hydrogens is 340 g/mol. The summed E-state index contributed by atoms with van der Waals surface area (Å²) in [6.45, 7) is 7.21. The van der Waals surface area contributed by atoms with Crippen molar-refractivity contribution in [3.05, 3.63) is 70.3 Å². The lowest BCUT2D eigenvalue weighted by Crippen LogP contribution is -2.42. The minimum absolute atomic E-state index is 0.0284. The summed E-state index contributed by atoms with van der Waals surface area (Å²) in [5.74, 6) is -0.397. The maximum absolute atomic E-state index is 12.5. The zero-order chi connectivity index (χ0) is 20.0. The number of nitrogens with one attached hydrogen (secondary N) is 1. The first-order valence-electron chi connectivity index (χ1n) is 9.03. The molecule has 0 aliphatic carbocycles. The third-order valence-electron chi connectivity index (χ3n) is 4.80. The van der Waals surface area contributed by atoms with Crippen molar-refractivity contribution in [3.8, 4) is 0 Å². The van der Waals surface area contributed by atoms with Crippen LogP contribution in [0, 0.1) is 13.8 Å². The van der Waals surface area contributed by atoms with Gasteiger partial charge in [-0.25, -0.2) is 4.79 Å². The fourth-order valence-electron chi connectivity index (χ4n) is 2.84. The second kappa shape index (κ2) is 9.33. The van der Waals surface area contributed by atoms with E-state index in [1.165, 1.54) is 23.8 Å². The molecule has 27 heavy (non-hydrogen) atoms. The molecule has 0 bridgehead atoms. The molecule has 1 N–H and O–H groups in total. The van der Waals surface area contributed by atoms with E-state index in [1.54, 1.807) is 12.1 Å². The van der Waals surface area contributed by atoms with Crippen LogP contribution in [0.4, 0.5) is 0 Å². The van der Waals surface area contributed by atoms with Crippen molar-refractivity contribution >= 4 is 11.9 Å². The van der Waals surface area contributed by atoms with E-state index < -0.39 is 0 Å². The van der Waals surface area contributed by atoms with E-state index in [4.69, 9.17) is 0 Å². The second-order valence-electron chi connectivity index (χ2n) is 6.93. The van der Waals surface area contributed by atoms with Crippen molar-refractivity contribution < 1.29 is 14.3 Å². The number of nitrogens with zero attached hydrogens (tertiary/aromatic N) is 1. The highest BCUT2D eigenvalue weighted by Crippen LogP contribution is 2.14. The fraction of sp³-hybridized carbons (Fsp3) is 0.364. The van der Waals surface area contributed by atoms with E-state index in [0.717, 1.165) is 5.56 Å². The molecule has 1 atom stereocenters. The van der Waals surface area contributed by atoms with Crippen LogP contribution in [0.2, 0.25) is 0 Å². The van der Waals surface area contributed by atoms with Crippen molar-refractivity contribution in [1.29, 1.82) is 0 Å². The number of rotatable bonds is 7. The average Bonchev–Trinajstić information content (AvgIpc) is 2.67. The van der Waals surface area contributed by atoms with Crippen LogP contribution in [0.25, 0.3) is 0 Å². The van der Waals surface area contributed by atoms with Gasteiger partial charge < -0.3 is 10.1 Å². The molecule has 0 aromatic heterocycles. The number of hydrogen-bond acceptors (Lipinski definition) is 4. The van der Waals surface area contributed by atoms with Gasteiger partial charge in [-0.05, 0) is 56.6 Å². The molecule has 5 nitrogen and oxygen atoms in total. The van der Waals surface area contributed by atoms with E-state index in [0.29, 0.717) is 18.7 Å². The van der Waals surface area contributed by atoms with Gasteiger partial charge in [0.15, 0.2) is 0 Å². The van der Waals surface area contributed by atoms with Gasteiger partial charge in [0.05, 0.1) is 18.7 Å². The van der Waals surface area contributed by atoms with Crippen LogP contribution in [0.1, 0.15) is 39.5 Å². The zero-order valence-electron chi connectivity index (χ0n) is 16.7. The number of carbonyl (C=O) groups is 2. The summed E-state index contributed by atoms with van der Waals surface area (Å²) in [6, 6.07) is 13.2. The lowest BCUT2D eigenvalue weighted by molar-refractivity contribution is -0.125. The van der Waals surface area contributed by atoms with Crippen molar-refractivity contribution in [1.82, 2.24) is 10.2 Å². The van der Waals surface area contributed by atoms with Crippen molar-refractivity contribution in [2.45, 2.75) is 39.9 Å². The highest BCUT2D eigenvalue weighted by molar-refractivity contribution is 5.89. The Hall–Kier alpha value is -2.66. The summed E-state index contributed by atoms with van der Waals surface area (Å²) in [5, 5.41) is 2.96. The van der Waals surface area contributed by atoms with E-state index >= 15 is 0 Å². The topological polar surface area (TPSA) is 58.6 Å². The molecule has 0 radical (unpaired) electrons. The smallest absolute Gasteiger partial charge is 0.337 e. The molecule has 0 heterocycles. The van der Waals surface area contributed by atoms with Crippen LogP contribution < -0.4 is 5.32 Å². The molecule has 0 saturated carbocycles. The molecule has 2 rings (SSSR count). The number of carbonyl (C=O) groups excluding carboxylic acids is 2. The van der Waals surface area contributed by atoms with E-state index in [1.807, 2.05) is 31.0 Å². The molecule has 2 aromatic carbocycles. The SMILES string of the molecule is COC(=O)c1ccc(CNC(=O)[C@@H](C)N(C)Cc2ccc(C)cc2C)cc1.